The highest BCUT2D eigenvalue weighted by atomic mass is 35.5. The quantitative estimate of drug-likeness (QED) is 0.736. The van der Waals surface area contributed by atoms with E-state index < -0.39 is 0 Å². The fourth-order valence-corrected chi connectivity index (χ4v) is 2.11. The monoisotopic (exact) mass is 311 g/mol. The molecule has 0 fully saturated rings. The summed E-state index contributed by atoms with van der Waals surface area (Å²) in [4.78, 5) is 0. The maximum atomic E-state index is 6.23. The van der Waals surface area contributed by atoms with Crippen molar-refractivity contribution in [2.75, 3.05) is 27.4 Å². The number of hydrogen-bond donors (Lipinski definition) is 1. The van der Waals surface area contributed by atoms with E-state index in [2.05, 4.69) is 20.8 Å². The van der Waals surface area contributed by atoms with E-state index in [9.17, 15) is 0 Å². The van der Waals surface area contributed by atoms with Gasteiger partial charge in [-0.15, -0.1) is 5.10 Å². The highest BCUT2D eigenvalue weighted by Crippen LogP contribution is 2.26. The average molecular weight is 312 g/mol. The number of tetrazole rings is 1. The van der Waals surface area contributed by atoms with Crippen molar-refractivity contribution in [3.63, 3.8) is 0 Å². The van der Waals surface area contributed by atoms with Crippen LogP contribution < -0.4 is 10.1 Å². The van der Waals surface area contributed by atoms with Crippen LogP contribution in [0.25, 0.3) is 0 Å². The highest BCUT2D eigenvalue weighted by molar-refractivity contribution is 6.31. The Morgan fingerprint density at radius 1 is 1.33 bits per heavy atom. The van der Waals surface area contributed by atoms with Gasteiger partial charge in [-0.05, 0) is 22.6 Å². The van der Waals surface area contributed by atoms with Gasteiger partial charge in [0.1, 0.15) is 5.75 Å². The van der Waals surface area contributed by atoms with E-state index in [4.69, 9.17) is 21.1 Å². The first-order valence-electron chi connectivity index (χ1n) is 6.52. The fourth-order valence-electron chi connectivity index (χ4n) is 1.88. The third kappa shape index (κ3) is 4.13. The molecule has 0 spiro atoms. The van der Waals surface area contributed by atoms with Crippen molar-refractivity contribution in [2.24, 2.45) is 0 Å². The van der Waals surface area contributed by atoms with Crippen LogP contribution in [0.2, 0.25) is 5.02 Å². The van der Waals surface area contributed by atoms with Crippen LogP contribution >= 0.6 is 11.6 Å². The molecule has 0 saturated carbocycles. The van der Waals surface area contributed by atoms with Gasteiger partial charge in [0.05, 0.1) is 26.8 Å². The van der Waals surface area contributed by atoms with Gasteiger partial charge >= 0.3 is 0 Å². The Balaban J connectivity index is 2.08. The SMILES string of the molecule is COCCNCc1nnnn1Cc1c(Cl)cccc1OC. The van der Waals surface area contributed by atoms with Gasteiger partial charge in [-0.25, -0.2) is 4.68 Å². The molecule has 2 aromatic rings. The van der Waals surface area contributed by atoms with Gasteiger partial charge in [-0.1, -0.05) is 17.7 Å². The Kier molecular flexibility index (Phi) is 5.91. The molecular formula is C13H18ClN5O2. The van der Waals surface area contributed by atoms with Crippen molar-refractivity contribution in [1.29, 1.82) is 0 Å². The number of halogens is 1. The van der Waals surface area contributed by atoms with E-state index in [-0.39, 0.29) is 0 Å². The third-order valence-corrected chi connectivity index (χ3v) is 3.33. The van der Waals surface area contributed by atoms with Gasteiger partial charge in [0.25, 0.3) is 0 Å². The summed E-state index contributed by atoms with van der Waals surface area (Å²) >= 11 is 6.23. The summed E-state index contributed by atoms with van der Waals surface area (Å²) < 4.78 is 12.0. The molecule has 7 nitrogen and oxygen atoms in total. The Morgan fingerprint density at radius 3 is 2.95 bits per heavy atom. The minimum absolute atomic E-state index is 0.455. The maximum Gasteiger partial charge on any atom is 0.165 e. The molecule has 0 radical (unpaired) electrons. The number of aromatic nitrogens is 4. The molecule has 0 unspecified atom stereocenters. The summed E-state index contributed by atoms with van der Waals surface area (Å²) in [6.45, 7) is 2.39. The van der Waals surface area contributed by atoms with E-state index >= 15 is 0 Å². The molecule has 0 bridgehead atoms. The molecule has 114 valence electrons. The lowest BCUT2D eigenvalue weighted by atomic mass is 10.2. The van der Waals surface area contributed by atoms with Crippen molar-refractivity contribution in [3.8, 4) is 5.75 Å². The number of hydrogen-bond acceptors (Lipinski definition) is 6. The number of nitrogens with one attached hydrogen (secondary N) is 1. The normalized spacial score (nSPS) is 10.8. The van der Waals surface area contributed by atoms with Crippen LogP contribution in [0, 0.1) is 0 Å². The van der Waals surface area contributed by atoms with Gasteiger partial charge in [-0.3, -0.25) is 0 Å². The number of ether oxygens (including phenoxy) is 2. The predicted molar refractivity (Wildman–Crippen MR) is 78.5 cm³/mol. The van der Waals surface area contributed by atoms with E-state index in [1.54, 1.807) is 18.9 Å². The van der Waals surface area contributed by atoms with E-state index in [1.165, 1.54) is 0 Å². The molecule has 1 aromatic heterocycles. The largest absolute Gasteiger partial charge is 0.496 e. The topological polar surface area (TPSA) is 74.1 Å². The molecule has 1 N–H and O–H groups in total. The molecule has 0 atom stereocenters. The smallest absolute Gasteiger partial charge is 0.165 e. The van der Waals surface area contributed by atoms with Crippen LogP contribution in [0.5, 0.6) is 5.75 Å². The van der Waals surface area contributed by atoms with Gasteiger partial charge in [0, 0.05) is 24.2 Å². The fraction of sp³-hybridized carbons (Fsp3) is 0.462. The number of benzene rings is 1. The van der Waals surface area contributed by atoms with E-state index in [1.807, 2.05) is 18.2 Å². The van der Waals surface area contributed by atoms with Crippen molar-refractivity contribution < 1.29 is 9.47 Å². The minimum Gasteiger partial charge on any atom is -0.496 e. The maximum absolute atomic E-state index is 6.23. The summed E-state index contributed by atoms with van der Waals surface area (Å²) in [7, 11) is 3.28. The number of nitrogens with zero attached hydrogens (tertiary/aromatic N) is 4. The summed E-state index contributed by atoms with van der Waals surface area (Å²) in [5, 5.41) is 15.6. The first-order valence-corrected chi connectivity index (χ1v) is 6.90. The van der Waals surface area contributed by atoms with Crippen LogP contribution in [-0.2, 0) is 17.8 Å². The average Bonchev–Trinajstić information content (AvgIpc) is 2.93. The van der Waals surface area contributed by atoms with Crippen molar-refractivity contribution in [2.45, 2.75) is 13.1 Å². The molecular weight excluding hydrogens is 294 g/mol. The molecule has 21 heavy (non-hydrogen) atoms. The van der Waals surface area contributed by atoms with Crippen molar-refractivity contribution in [3.05, 3.63) is 34.6 Å². The molecule has 0 aliphatic heterocycles. The number of rotatable bonds is 8. The van der Waals surface area contributed by atoms with Gasteiger partial charge in [0.15, 0.2) is 5.82 Å². The van der Waals surface area contributed by atoms with E-state index in [0.29, 0.717) is 24.7 Å². The Labute approximate surface area is 128 Å². The molecule has 0 amide bonds. The summed E-state index contributed by atoms with van der Waals surface area (Å²) in [5.74, 6) is 1.45. The zero-order valence-electron chi connectivity index (χ0n) is 12.0. The van der Waals surface area contributed by atoms with Crippen molar-refractivity contribution in [1.82, 2.24) is 25.5 Å². The van der Waals surface area contributed by atoms with Gasteiger partial charge in [-0.2, -0.15) is 0 Å². The summed E-state index contributed by atoms with van der Waals surface area (Å²) in [6.07, 6.45) is 0. The molecule has 1 heterocycles. The summed E-state index contributed by atoms with van der Waals surface area (Å²) in [6, 6.07) is 5.53. The third-order valence-electron chi connectivity index (χ3n) is 2.98. The lowest BCUT2D eigenvalue weighted by Crippen LogP contribution is -2.21. The minimum atomic E-state index is 0.455. The lowest BCUT2D eigenvalue weighted by molar-refractivity contribution is 0.198. The molecule has 0 aliphatic carbocycles. The highest BCUT2D eigenvalue weighted by Gasteiger charge is 2.12. The van der Waals surface area contributed by atoms with Gasteiger partial charge < -0.3 is 14.8 Å². The predicted octanol–water partition coefficient (Wildman–Crippen LogP) is 1.12. The lowest BCUT2D eigenvalue weighted by Gasteiger charge is -2.11. The first-order chi connectivity index (χ1) is 10.3. The standard InChI is InChI=1S/C13H18ClN5O2/c1-20-7-6-15-8-13-16-17-18-19(13)9-10-11(14)4-3-5-12(10)21-2/h3-5,15H,6-9H2,1-2H3. The van der Waals surface area contributed by atoms with Crippen LogP contribution in [0.4, 0.5) is 0 Å². The first kappa shape index (κ1) is 15.7. The number of methoxy groups -OCH3 is 2. The van der Waals surface area contributed by atoms with Crippen LogP contribution in [0.3, 0.4) is 0 Å². The molecule has 2 rings (SSSR count). The Hall–Kier alpha value is -1.70. The zero-order valence-corrected chi connectivity index (χ0v) is 12.8. The zero-order chi connectivity index (χ0) is 15.1. The second kappa shape index (κ2) is 7.92. The van der Waals surface area contributed by atoms with Crippen LogP contribution in [0.15, 0.2) is 18.2 Å². The Bertz CT molecular complexity index is 575. The molecule has 0 aliphatic rings. The second-order valence-corrected chi connectivity index (χ2v) is 4.75. The van der Waals surface area contributed by atoms with Crippen LogP contribution in [0.1, 0.15) is 11.4 Å². The molecule has 0 saturated heterocycles. The van der Waals surface area contributed by atoms with Crippen LogP contribution in [-0.4, -0.2) is 47.6 Å². The van der Waals surface area contributed by atoms with E-state index in [0.717, 1.165) is 23.7 Å². The van der Waals surface area contributed by atoms with Crippen molar-refractivity contribution >= 4 is 11.6 Å². The van der Waals surface area contributed by atoms with Gasteiger partial charge in [0.2, 0.25) is 0 Å². The molecule has 1 aromatic carbocycles. The molecule has 8 heteroatoms. The second-order valence-electron chi connectivity index (χ2n) is 4.34. The Morgan fingerprint density at radius 2 is 2.19 bits per heavy atom. The summed E-state index contributed by atoms with van der Waals surface area (Å²) in [5.41, 5.74) is 0.854.